The molecule has 0 radical (unpaired) electrons. The molecule has 16 heavy (non-hydrogen) atoms. The van der Waals surface area contributed by atoms with Crippen LogP contribution in [0.1, 0.15) is 12.8 Å². The third kappa shape index (κ3) is 1.39. The van der Waals surface area contributed by atoms with Gasteiger partial charge < -0.3 is 16.4 Å². The lowest BCUT2D eigenvalue weighted by Crippen LogP contribution is -2.17. The van der Waals surface area contributed by atoms with E-state index in [0.29, 0.717) is 10.8 Å². The molecule has 2 heterocycles. The Balaban J connectivity index is 2.20. The molecule has 1 saturated heterocycles. The lowest BCUT2D eigenvalue weighted by Gasteiger charge is -2.18. The second-order valence-electron chi connectivity index (χ2n) is 4.10. The number of aromatic nitrogens is 1. The van der Waals surface area contributed by atoms with Crippen LogP contribution in [0.3, 0.4) is 0 Å². The number of rotatable bonds is 1. The van der Waals surface area contributed by atoms with Gasteiger partial charge in [-0.25, -0.2) is 4.98 Å². The van der Waals surface area contributed by atoms with Gasteiger partial charge >= 0.3 is 0 Å². The lowest BCUT2D eigenvalue weighted by molar-refractivity contribution is 0.949. The number of fused-ring (bicyclic) bond motifs is 1. The average Bonchev–Trinajstić information content (AvgIpc) is 2.87. The van der Waals surface area contributed by atoms with Gasteiger partial charge in [-0.15, -0.1) is 0 Å². The molecule has 0 bridgehead atoms. The molecule has 0 aliphatic carbocycles. The van der Waals surface area contributed by atoms with Crippen LogP contribution in [0.15, 0.2) is 12.1 Å². The summed E-state index contributed by atoms with van der Waals surface area (Å²) in [5, 5.41) is 0.591. The maximum atomic E-state index is 5.91. The summed E-state index contributed by atoms with van der Waals surface area (Å²) in [7, 11) is 0. The molecule has 1 aliphatic rings. The molecule has 4 nitrogen and oxygen atoms in total. The molecule has 0 spiro atoms. The first-order valence-electron chi connectivity index (χ1n) is 5.45. The van der Waals surface area contributed by atoms with Gasteiger partial charge in [0.1, 0.15) is 5.52 Å². The van der Waals surface area contributed by atoms with Crippen LogP contribution in [-0.2, 0) is 0 Å². The molecule has 0 amide bonds. The van der Waals surface area contributed by atoms with Crippen molar-refractivity contribution in [3.8, 4) is 0 Å². The highest BCUT2D eigenvalue weighted by atomic mass is 32.1. The molecule has 4 N–H and O–H groups in total. The van der Waals surface area contributed by atoms with Gasteiger partial charge in [0.15, 0.2) is 5.13 Å². The first-order chi connectivity index (χ1) is 7.75. The SMILES string of the molecule is Nc1nc2c(N)ccc(N3CCCC3)c2s1. The van der Waals surface area contributed by atoms with Gasteiger partial charge in [0.2, 0.25) is 0 Å². The summed E-state index contributed by atoms with van der Waals surface area (Å²) in [5.74, 6) is 0. The molecule has 1 aromatic carbocycles. The quantitative estimate of drug-likeness (QED) is 0.741. The minimum absolute atomic E-state index is 0.591. The fourth-order valence-corrected chi connectivity index (χ4v) is 3.14. The van der Waals surface area contributed by atoms with Gasteiger partial charge in [0.05, 0.1) is 16.1 Å². The zero-order valence-corrected chi connectivity index (χ0v) is 9.76. The molecule has 0 unspecified atom stereocenters. The highest BCUT2D eigenvalue weighted by Gasteiger charge is 2.17. The van der Waals surface area contributed by atoms with Gasteiger partial charge in [0.25, 0.3) is 0 Å². The number of nitrogens with zero attached hydrogens (tertiary/aromatic N) is 2. The van der Waals surface area contributed by atoms with E-state index in [1.165, 1.54) is 29.9 Å². The molecular weight excluding hydrogens is 220 g/mol. The Labute approximate surface area is 97.9 Å². The van der Waals surface area contributed by atoms with E-state index in [4.69, 9.17) is 11.5 Å². The van der Waals surface area contributed by atoms with Crippen molar-refractivity contribution < 1.29 is 0 Å². The summed E-state index contributed by atoms with van der Waals surface area (Å²) < 4.78 is 1.12. The highest BCUT2D eigenvalue weighted by Crippen LogP contribution is 2.37. The topological polar surface area (TPSA) is 68.2 Å². The summed E-state index contributed by atoms with van der Waals surface area (Å²) in [6.45, 7) is 2.24. The average molecular weight is 234 g/mol. The number of thiazole rings is 1. The van der Waals surface area contributed by atoms with E-state index in [-0.39, 0.29) is 0 Å². The second-order valence-corrected chi connectivity index (χ2v) is 5.13. The maximum absolute atomic E-state index is 5.91. The Morgan fingerprint density at radius 3 is 2.69 bits per heavy atom. The molecule has 1 aromatic heterocycles. The fourth-order valence-electron chi connectivity index (χ4n) is 2.24. The first-order valence-corrected chi connectivity index (χ1v) is 6.27. The minimum atomic E-state index is 0.591. The third-order valence-corrected chi connectivity index (χ3v) is 3.92. The Hall–Kier alpha value is -1.49. The van der Waals surface area contributed by atoms with E-state index in [1.807, 2.05) is 6.07 Å². The van der Waals surface area contributed by atoms with Crippen LogP contribution in [0.5, 0.6) is 0 Å². The minimum Gasteiger partial charge on any atom is -0.397 e. The summed E-state index contributed by atoms with van der Waals surface area (Å²) >= 11 is 1.52. The molecule has 3 rings (SSSR count). The van der Waals surface area contributed by atoms with E-state index in [1.54, 1.807) is 0 Å². The molecular formula is C11H14N4S. The number of hydrogen-bond donors (Lipinski definition) is 2. The van der Waals surface area contributed by atoms with Crippen LogP contribution < -0.4 is 16.4 Å². The van der Waals surface area contributed by atoms with Crippen molar-refractivity contribution in [2.45, 2.75) is 12.8 Å². The predicted molar refractivity (Wildman–Crippen MR) is 69.9 cm³/mol. The normalized spacial score (nSPS) is 16.1. The van der Waals surface area contributed by atoms with E-state index >= 15 is 0 Å². The van der Waals surface area contributed by atoms with Gasteiger partial charge in [-0.2, -0.15) is 0 Å². The van der Waals surface area contributed by atoms with Crippen LogP contribution in [-0.4, -0.2) is 18.1 Å². The smallest absolute Gasteiger partial charge is 0.181 e. The van der Waals surface area contributed by atoms with Gasteiger partial charge in [-0.3, -0.25) is 0 Å². The summed E-state index contributed by atoms with van der Waals surface area (Å²) in [6.07, 6.45) is 2.53. The van der Waals surface area contributed by atoms with Crippen molar-refractivity contribution >= 4 is 38.1 Å². The van der Waals surface area contributed by atoms with Gasteiger partial charge in [-0.05, 0) is 25.0 Å². The van der Waals surface area contributed by atoms with Gasteiger partial charge in [-0.1, -0.05) is 11.3 Å². The summed E-state index contributed by atoms with van der Waals surface area (Å²) in [5.41, 5.74) is 14.5. The number of hydrogen-bond acceptors (Lipinski definition) is 5. The largest absolute Gasteiger partial charge is 0.397 e. The van der Waals surface area contributed by atoms with Crippen LogP contribution >= 0.6 is 11.3 Å². The highest BCUT2D eigenvalue weighted by molar-refractivity contribution is 7.22. The third-order valence-electron chi connectivity index (χ3n) is 3.02. The van der Waals surface area contributed by atoms with Crippen molar-refractivity contribution in [1.82, 2.24) is 4.98 Å². The van der Waals surface area contributed by atoms with Crippen molar-refractivity contribution in [3.63, 3.8) is 0 Å². The Kier molecular flexibility index (Phi) is 2.14. The molecule has 0 atom stereocenters. The summed E-state index contributed by atoms with van der Waals surface area (Å²) in [4.78, 5) is 6.68. The lowest BCUT2D eigenvalue weighted by atomic mass is 10.2. The van der Waals surface area contributed by atoms with E-state index in [2.05, 4.69) is 16.0 Å². The first kappa shape index (κ1) is 9.72. The molecule has 5 heteroatoms. The van der Waals surface area contributed by atoms with Crippen LogP contribution in [0.4, 0.5) is 16.5 Å². The van der Waals surface area contributed by atoms with Crippen LogP contribution in [0.25, 0.3) is 10.2 Å². The van der Waals surface area contributed by atoms with Crippen molar-refractivity contribution in [1.29, 1.82) is 0 Å². The van der Waals surface area contributed by atoms with E-state index in [9.17, 15) is 0 Å². The van der Waals surface area contributed by atoms with Crippen molar-refractivity contribution in [2.75, 3.05) is 29.5 Å². The Morgan fingerprint density at radius 2 is 1.94 bits per heavy atom. The van der Waals surface area contributed by atoms with Crippen molar-refractivity contribution in [2.24, 2.45) is 0 Å². The number of anilines is 3. The van der Waals surface area contributed by atoms with E-state index in [0.717, 1.165) is 23.3 Å². The van der Waals surface area contributed by atoms with Gasteiger partial charge in [0, 0.05) is 13.1 Å². The Morgan fingerprint density at radius 1 is 1.19 bits per heavy atom. The number of nitrogen functional groups attached to an aromatic ring is 2. The summed E-state index contributed by atoms with van der Waals surface area (Å²) in [6, 6.07) is 4.01. The van der Waals surface area contributed by atoms with Crippen LogP contribution in [0.2, 0.25) is 0 Å². The van der Waals surface area contributed by atoms with Crippen molar-refractivity contribution in [3.05, 3.63) is 12.1 Å². The maximum Gasteiger partial charge on any atom is 0.181 e. The second kappa shape index (κ2) is 3.52. The zero-order chi connectivity index (χ0) is 11.1. The number of nitrogens with two attached hydrogens (primary N) is 2. The molecule has 84 valence electrons. The molecule has 1 fully saturated rings. The molecule has 0 saturated carbocycles. The molecule has 2 aromatic rings. The van der Waals surface area contributed by atoms with E-state index < -0.39 is 0 Å². The monoisotopic (exact) mass is 234 g/mol. The number of benzene rings is 1. The zero-order valence-electron chi connectivity index (χ0n) is 8.94. The fraction of sp³-hybridized carbons (Fsp3) is 0.364. The standard InChI is InChI=1S/C11H14N4S/c12-7-3-4-8(15-5-1-2-6-15)10-9(7)14-11(13)16-10/h3-4H,1-2,5-6,12H2,(H2,13,14). The molecule has 1 aliphatic heterocycles. The Bertz CT molecular complexity index is 528. The predicted octanol–water partition coefficient (Wildman–Crippen LogP) is 2.06. The van der Waals surface area contributed by atoms with Crippen LogP contribution in [0, 0.1) is 0 Å².